The van der Waals surface area contributed by atoms with Gasteiger partial charge in [-0.05, 0) is 41.0 Å². The van der Waals surface area contributed by atoms with Crippen LogP contribution in [0.25, 0.3) is 0 Å². The summed E-state index contributed by atoms with van der Waals surface area (Å²) in [7, 11) is 0. The Balaban J connectivity index is 1.38. The van der Waals surface area contributed by atoms with E-state index in [9.17, 15) is 9.59 Å². The molecular weight excluding hydrogens is 492 g/mol. The maximum absolute atomic E-state index is 13.8. The first-order valence-electron chi connectivity index (χ1n) is 12.9. The topological polar surface area (TPSA) is 77.1 Å². The van der Waals surface area contributed by atoms with Crippen LogP contribution in [-0.4, -0.2) is 36.2 Å². The number of para-hydroxylation sites is 1. The van der Waals surface area contributed by atoms with E-state index < -0.39 is 6.04 Å². The zero-order valence-corrected chi connectivity index (χ0v) is 21.5. The van der Waals surface area contributed by atoms with Crippen LogP contribution < -0.4 is 19.5 Å². The van der Waals surface area contributed by atoms with Crippen LogP contribution in [0.15, 0.2) is 109 Å². The van der Waals surface area contributed by atoms with Gasteiger partial charge in [-0.25, -0.2) is 0 Å². The summed E-state index contributed by atoms with van der Waals surface area (Å²) in [6, 6.07) is 33.4. The maximum Gasteiger partial charge on any atom is 0.261 e. The van der Waals surface area contributed by atoms with Gasteiger partial charge < -0.3 is 24.4 Å². The highest BCUT2D eigenvalue weighted by Crippen LogP contribution is 2.32. The van der Waals surface area contributed by atoms with Gasteiger partial charge in [0.1, 0.15) is 11.8 Å². The van der Waals surface area contributed by atoms with E-state index in [0.717, 1.165) is 16.7 Å². The summed E-state index contributed by atoms with van der Waals surface area (Å²) in [6.45, 7) is 0.560. The molecule has 1 atom stereocenters. The summed E-state index contributed by atoms with van der Waals surface area (Å²) in [5.74, 6) is 1.41. The molecule has 0 saturated carbocycles. The van der Waals surface area contributed by atoms with Gasteiger partial charge in [0.25, 0.3) is 5.91 Å². The van der Waals surface area contributed by atoms with Crippen molar-refractivity contribution in [2.75, 3.05) is 13.4 Å². The molecule has 39 heavy (non-hydrogen) atoms. The molecule has 1 aliphatic rings. The van der Waals surface area contributed by atoms with E-state index in [1.54, 1.807) is 17.0 Å². The molecule has 0 saturated heterocycles. The third kappa shape index (κ3) is 6.96. The first kappa shape index (κ1) is 25.9. The number of hydrogen-bond acceptors (Lipinski definition) is 5. The van der Waals surface area contributed by atoms with Crippen molar-refractivity contribution < 1.29 is 23.8 Å². The van der Waals surface area contributed by atoms with Gasteiger partial charge in [0, 0.05) is 19.5 Å². The van der Waals surface area contributed by atoms with Crippen molar-refractivity contribution in [3.05, 3.63) is 126 Å². The van der Waals surface area contributed by atoms with E-state index in [1.165, 1.54) is 0 Å². The van der Waals surface area contributed by atoms with Crippen LogP contribution in [0.4, 0.5) is 0 Å². The minimum atomic E-state index is -0.756. The number of nitrogens with one attached hydrogen (secondary N) is 1. The molecule has 0 bridgehead atoms. The molecule has 4 aromatic carbocycles. The molecule has 0 aliphatic carbocycles. The minimum Gasteiger partial charge on any atom is -0.484 e. The van der Waals surface area contributed by atoms with Crippen LogP contribution in [0, 0.1) is 0 Å². The van der Waals surface area contributed by atoms with Crippen molar-refractivity contribution in [1.82, 2.24) is 10.2 Å². The van der Waals surface area contributed by atoms with Crippen LogP contribution in [0.2, 0.25) is 0 Å². The Bertz CT molecular complexity index is 1380. The van der Waals surface area contributed by atoms with E-state index in [-0.39, 0.29) is 38.3 Å². The molecule has 7 heteroatoms. The lowest BCUT2D eigenvalue weighted by atomic mass is 10.0. The number of fused-ring (bicyclic) bond motifs is 1. The first-order chi connectivity index (χ1) is 19.2. The number of ether oxygens (including phenoxy) is 3. The molecule has 0 fully saturated rings. The molecule has 5 rings (SSSR count). The highest BCUT2D eigenvalue weighted by Gasteiger charge is 2.30. The second-order valence-electron chi connectivity index (χ2n) is 9.22. The van der Waals surface area contributed by atoms with E-state index in [2.05, 4.69) is 5.32 Å². The number of carbonyl (C=O) groups excluding carboxylic acids is 2. The van der Waals surface area contributed by atoms with E-state index in [0.29, 0.717) is 23.7 Å². The maximum atomic E-state index is 13.8. The third-order valence-electron chi connectivity index (χ3n) is 6.48. The van der Waals surface area contributed by atoms with Gasteiger partial charge in [0.2, 0.25) is 12.7 Å². The first-order valence-corrected chi connectivity index (χ1v) is 12.9. The number of hydrogen-bond donors (Lipinski definition) is 1. The molecule has 0 spiro atoms. The molecule has 198 valence electrons. The molecule has 0 radical (unpaired) electrons. The largest absolute Gasteiger partial charge is 0.484 e. The van der Waals surface area contributed by atoms with Gasteiger partial charge >= 0.3 is 0 Å². The molecule has 1 unspecified atom stereocenters. The third-order valence-corrected chi connectivity index (χ3v) is 6.48. The summed E-state index contributed by atoms with van der Waals surface area (Å²) >= 11 is 0. The van der Waals surface area contributed by atoms with Crippen LogP contribution in [0.3, 0.4) is 0 Å². The molecular formula is C32H30N2O5. The predicted molar refractivity (Wildman–Crippen MR) is 147 cm³/mol. The zero-order chi connectivity index (χ0) is 26.9. The van der Waals surface area contributed by atoms with Crippen molar-refractivity contribution >= 4 is 11.8 Å². The highest BCUT2D eigenvalue weighted by atomic mass is 16.7. The van der Waals surface area contributed by atoms with Gasteiger partial charge in [-0.2, -0.15) is 0 Å². The summed E-state index contributed by atoms with van der Waals surface area (Å²) in [5.41, 5.74) is 2.75. The van der Waals surface area contributed by atoms with Gasteiger partial charge in [-0.15, -0.1) is 0 Å². The van der Waals surface area contributed by atoms with Crippen molar-refractivity contribution in [3.63, 3.8) is 0 Å². The van der Waals surface area contributed by atoms with Crippen molar-refractivity contribution in [2.45, 2.75) is 25.6 Å². The van der Waals surface area contributed by atoms with Crippen LogP contribution in [0.1, 0.15) is 16.7 Å². The SMILES string of the molecule is O=C(NCc1ccc2c(c1)OCO2)C(Cc1ccccc1)N(Cc1ccccc1)C(=O)COc1ccccc1. The van der Waals surface area contributed by atoms with E-state index >= 15 is 0 Å². The summed E-state index contributed by atoms with van der Waals surface area (Å²) < 4.78 is 16.6. The van der Waals surface area contributed by atoms with Gasteiger partial charge in [-0.3, -0.25) is 9.59 Å². The monoisotopic (exact) mass is 522 g/mol. The molecule has 0 aromatic heterocycles. The molecule has 2 amide bonds. The average Bonchev–Trinajstić information content (AvgIpc) is 3.46. The number of nitrogens with zero attached hydrogens (tertiary/aromatic N) is 1. The average molecular weight is 523 g/mol. The minimum absolute atomic E-state index is 0.183. The van der Waals surface area contributed by atoms with E-state index in [4.69, 9.17) is 14.2 Å². The molecule has 4 aromatic rings. The lowest BCUT2D eigenvalue weighted by Crippen LogP contribution is -2.51. The molecule has 1 N–H and O–H groups in total. The summed E-state index contributed by atoms with van der Waals surface area (Å²) in [5, 5.41) is 3.04. The number of carbonyl (C=O) groups is 2. The standard InChI is InChI=1S/C32H30N2O5/c35-31(22-37-27-14-8-3-9-15-27)34(21-25-12-6-2-7-13-25)28(18-24-10-4-1-5-11-24)32(36)33-20-26-16-17-29-30(19-26)39-23-38-29/h1-17,19,28H,18,20-23H2,(H,33,36). The molecule has 1 heterocycles. The van der Waals surface area contributed by atoms with Gasteiger partial charge in [-0.1, -0.05) is 84.9 Å². The molecule has 1 aliphatic heterocycles. The number of rotatable bonds is 11. The molecule has 7 nitrogen and oxygen atoms in total. The summed E-state index contributed by atoms with van der Waals surface area (Å²) in [6.07, 6.45) is 0.359. The van der Waals surface area contributed by atoms with Crippen LogP contribution in [-0.2, 0) is 29.1 Å². The predicted octanol–water partition coefficient (Wildman–Crippen LogP) is 4.75. The van der Waals surface area contributed by atoms with Gasteiger partial charge in [0.15, 0.2) is 18.1 Å². The summed E-state index contributed by atoms with van der Waals surface area (Å²) in [4.78, 5) is 29.0. The Morgan fingerprint density at radius 1 is 0.769 bits per heavy atom. The lowest BCUT2D eigenvalue weighted by molar-refractivity contribution is -0.142. The second-order valence-corrected chi connectivity index (χ2v) is 9.22. The Kier molecular flexibility index (Phi) is 8.38. The second kappa shape index (κ2) is 12.6. The Morgan fingerprint density at radius 3 is 2.13 bits per heavy atom. The fraction of sp³-hybridized carbons (Fsp3) is 0.188. The zero-order valence-electron chi connectivity index (χ0n) is 21.5. The van der Waals surface area contributed by atoms with Gasteiger partial charge in [0.05, 0.1) is 0 Å². The number of amides is 2. The normalized spacial score (nSPS) is 12.4. The van der Waals surface area contributed by atoms with E-state index in [1.807, 2.05) is 97.1 Å². The Labute approximate surface area is 227 Å². The van der Waals surface area contributed by atoms with Crippen LogP contribution >= 0.6 is 0 Å². The smallest absolute Gasteiger partial charge is 0.261 e. The van der Waals surface area contributed by atoms with Crippen molar-refractivity contribution in [3.8, 4) is 17.2 Å². The van der Waals surface area contributed by atoms with Crippen molar-refractivity contribution in [1.29, 1.82) is 0 Å². The van der Waals surface area contributed by atoms with Crippen LogP contribution in [0.5, 0.6) is 17.2 Å². The Morgan fingerprint density at radius 2 is 1.41 bits per heavy atom. The fourth-order valence-electron chi connectivity index (χ4n) is 4.44. The Hall–Kier alpha value is -4.78. The highest BCUT2D eigenvalue weighted by molar-refractivity contribution is 5.88. The lowest BCUT2D eigenvalue weighted by Gasteiger charge is -2.31. The fourth-order valence-corrected chi connectivity index (χ4v) is 4.44. The quantitative estimate of drug-likeness (QED) is 0.308. The number of benzene rings is 4. The van der Waals surface area contributed by atoms with Crippen molar-refractivity contribution in [2.24, 2.45) is 0 Å².